The third kappa shape index (κ3) is 4.18. The van der Waals surface area contributed by atoms with E-state index in [4.69, 9.17) is 27.9 Å². The number of aryl methyl sites for hydroxylation is 1. The van der Waals surface area contributed by atoms with Crippen molar-refractivity contribution in [2.45, 2.75) is 38.7 Å². The van der Waals surface area contributed by atoms with E-state index in [-0.39, 0.29) is 38.4 Å². The minimum absolute atomic E-state index is 0.0399. The number of carbonyl (C=O) groups excluding carboxylic acids is 2. The zero-order valence-corrected chi connectivity index (χ0v) is 21.0. The van der Waals surface area contributed by atoms with Crippen LogP contribution in [0.1, 0.15) is 54.6 Å². The number of hydrogen-bond donors (Lipinski definition) is 1. The van der Waals surface area contributed by atoms with Crippen LogP contribution in [0.25, 0.3) is 11.4 Å². The molecule has 0 spiro atoms. The molecule has 1 atom stereocenters. The molecule has 0 radical (unpaired) electrons. The maximum Gasteiger partial charge on any atom is 0.413 e. The molecule has 3 aliphatic carbocycles. The van der Waals surface area contributed by atoms with Crippen molar-refractivity contribution in [2.24, 2.45) is 17.9 Å². The lowest BCUT2D eigenvalue weighted by Gasteiger charge is -2.67. The van der Waals surface area contributed by atoms with Gasteiger partial charge in [-0.3, -0.25) is 10.1 Å². The standard InChI is InChI=1S/C24H21Cl2N7O3/c1-13(14-4-3-7-28-19(14)25)36-22(35)30-21-18(31-32-33(21)2)16-6-5-15(20(26)29-16)17(34)8-23-9-24(10-23,11-23)12-27/h3-7,13H,8-11H2,1-2H3,(H,30,35)/t13-,23?,24?/m1/s1. The molecule has 184 valence electrons. The van der Waals surface area contributed by atoms with E-state index < -0.39 is 12.2 Å². The number of rotatable bonds is 7. The Morgan fingerprint density at radius 3 is 2.67 bits per heavy atom. The SMILES string of the molecule is C[C@@H](OC(=O)Nc1c(-c2ccc(C(=O)CC34CC(C#N)(C3)C4)c(Cl)n2)nnn1C)c1cccnc1Cl. The van der Waals surface area contributed by atoms with Crippen molar-refractivity contribution in [1.82, 2.24) is 25.0 Å². The second-order valence-electron chi connectivity index (χ2n) is 9.52. The summed E-state index contributed by atoms with van der Waals surface area (Å²) in [7, 11) is 1.60. The summed E-state index contributed by atoms with van der Waals surface area (Å²) in [5.41, 5.74) is 1.18. The van der Waals surface area contributed by atoms with Crippen molar-refractivity contribution in [2.75, 3.05) is 5.32 Å². The molecule has 10 nitrogen and oxygen atoms in total. The molecule has 0 aromatic carbocycles. The van der Waals surface area contributed by atoms with E-state index in [1.54, 1.807) is 44.4 Å². The lowest BCUT2D eigenvalue weighted by atomic mass is 9.34. The normalized spacial score (nSPS) is 22.5. The Morgan fingerprint density at radius 2 is 2.00 bits per heavy atom. The van der Waals surface area contributed by atoms with Gasteiger partial charge < -0.3 is 4.74 Å². The van der Waals surface area contributed by atoms with E-state index in [2.05, 4.69) is 31.7 Å². The van der Waals surface area contributed by atoms with Crippen molar-refractivity contribution in [3.8, 4) is 17.5 Å². The maximum absolute atomic E-state index is 12.9. The monoisotopic (exact) mass is 525 g/mol. The Morgan fingerprint density at radius 1 is 1.25 bits per heavy atom. The highest BCUT2D eigenvalue weighted by atomic mass is 35.5. The summed E-state index contributed by atoms with van der Waals surface area (Å²) in [6, 6.07) is 8.97. The van der Waals surface area contributed by atoms with Crippen LogP contribution in [0.3, 0.4) is 0 Å². The van der Waals surface area contributed by atoms with Gasteiger partial charge in [0.25, 0.3) is 0 Å². The average molecular weight is 526 g/mol. The number of Topliss-reactive ketones (excluding diaryl/α,β-unsaturated/α-hetero) is 1. The van der Waals surface area contributed by atoms with Crippen molar-refractivity contribution < 1.29 is 14.3 Å². The average Bonchev–Trinajstić information content (AvgIpc) is 3.15. The number of amides is 1. The maximum atomic E-state index is 12.9. The molecule has 1 N–H and O–H groups in total. The minimum atomic E-state index is -0.749. The minimum Gasteiger partial charge on any atom is -0.441 e. The molecule has 3 heterocycles. The molecule has 3 saturated carbocycles. The third-order valence-corrected chi connectivity index (χ3v) is 7.47. The van der Waals surface area contributed by atoms with Crippen LogP contribution in [0.5, 0.6) is 0 Å². The summed E-state index contributed by atoms with van der Waals surface area (Å²) in [5, 5.41) is 20.2. The highest BCUT2D eigenvalue weighted by Gasteiger charge is 2.68. The van der Waals surface area contributed by atoms with Crippen LogP contribution in [-0.2, 0) is 11.8 Å². The summed E-state index contributed by atoms with van der Waals surface area (Å²) in [6.07, 6.45) is 2.78. The van der Waals surface area contributed by atoms with E-state index in [1.807, 2.05) is 0 Å². The summed E-state index contributed by atoms with van der Waals surface area (Å²) < 4.78 is 6.80. The van der Waals surface area contributed by atoms with Crippen molar-refractivity contribution in [1.29, 1.82) is 5.26 Å². The summed E-state index contributed by atoms with van der Waals surface area (Å²) in [4.78, 5) is 33.8. The summed E-state index contributed by atoms with van der Waals surface area (Å²) in [6.45, 7) is 1.68. The number of aromatic nitrogens is 5. The van der Waals surface area contributed by atoms with Crippen LogP contribution >= 0.6 is 23.2 Å². The number of halogens is 2. The topological polar surface area (TPSA) is 136 Å². The van der Waals surface area contributed by atoms with Crippen molar-refractivity contribution >= 4 is 40.9 Å². The lowest BCUT2D eigenvalue weighted by molar-refractivity contribution is -0.159. The second-order valence-corrected chi connectivity index (χ2v) is 10.2. The fourth-order valence-electron chi connectivity index (χ4n) is 5.24. The molecule has 3 aliphatic rings. The van der Waals surface area contributed by atoms with Gasteiger partial charge in [-0.05, 0) is 49.8 Å². The van der Waals surface area contributed by atoms with Gasteiger partial charge in [-0.15, -0.1) is 5.10 Å². The predicted molar refractivity (Wildman–Crippen MR) is 130 cm³/mol. The van der Waals surface area contributed by atoms with E-state index in [0.29, 0.717) is 23.2 Å². The van der Waals surface area contributed by atoms with Gasteiger partial charge in [0.15, 0.2) is 17.3 Å². The molecule has 0 aliphatic heterocycles. The van der Waals surface area contributed by atoms with Crippen molar-refractivity contribution in [3.05, 3.63) is 51.9 Å². The number of nitrogens with one attached hydrogen (secondary N) is 1. The Balaban J connectivity index is 1.29. The van der Waals surface area contributed by atoms with Crippen LogP contribution in [0, 0.1) is 22.2 Å². The van der Waals surface area contributed by atoms with Gasteiger partial charge in [-0.1, -0.05) is 34.5 Å². The smallest absolute Gasteiger partial charge is 0.413 e. The molecule has 3 fully saturated rings. The van der Waals surface area contributed by atoms with Crippen LogP contribution in [0.4, 0.5) is 10.6 Å². The first kappa shape index (κ1) is 24.2. The Bertz CT molecular complexity index is 1410. The molecule has 2 bridgehead atoms. The Kier molecular flexibility index (Phi) is 5.93. The van der Waals surface area contributed by atoms with Crippen LogP contribution in [-0.4, -0.2) is 36.8 Å². The van der Waals surface area contributed by atoms with Crippen LogP contribution in [0.15, 0.2) is 30.5 Å². The number of ether oxygens (including phenoxy) is 1. The number of hydrogen-bond acceptors (Lipinski definition) is 8. The lowest BCUT2D eigenvalue weighted by Crippen LogP contribution is -2.61. The zero-order chi connectivity index (χ0) is 25.7. The Hall–Kier alpha value is -3.55. The van der Waals surface area contributed by atoms with Gasteiger partial charge in [0.1, 0.15) is 16.4 Å². The van der Waals surface area contributed by atoms with E-state index in [9.17, 15) is 14.9 Å². The van der Waals surface area contributed by atoms with E-state index in [0.717, 1.165) is 19.3 Å². The number of carbonyl (C=O) groups is 2. The molecule has 3 aromatic rings. The molecule has 0 unspecified atom stereocenters. The van der Waals surface area contributed by atoms with Gasteiger partial charge in [-0.2, -0.15) is 5.26 Å². The van der Waals surface area contributed by atoms with Gasteiger partial charge in [0.2, 0.25) is 0 Å². The first-order valence-electron chi connectivity index (χ1n) is 11.2. The molecule has 12 heteroatoms. The fourth-order valence-corrected chi connectivity index (χ4v) is 5.77. The molecule has 0 saturated heterocycles. The predicted octanol–water partition coefficient (Wildman–Crippen LogP) is 5.16. The van der Waals surface area contributed by atoms with Crippen molar-refractivity contribution in [3.63, 3.8) is 0 Å². The van der Waals surface area contributed by atoms with E-state index in [1.165, 1.54) is 4.68 Å². The quantitative estimate of drug-likeness (QED) is 0.330. The molecule has 6 rings (SSSR count). The van der Waals surface area contributed by atoms with Gasteiger partial charge in [0.05, 0.1) is 22.7 Å². The van der Waals surface area contributed by atoms with E-state index >= 15 is 0 Å². The number of nitriles is 1. The highest BCUT2D eigenvalue weighted by Crippen LogP contribution is 2.74. The summed E-state index contributed by atoms with van der Waals surface area (Å²) in [5.74, 6) is 0.136. The molecule has 36 heavy (non-hydrogen) atoms. The molecular weight excluding hydrogens is 505 g/mol. The molecule has 1 amide bonds. The number of ketones is 1. The van der Waals surface area contributed by atoms with Gasteiger partial charge >= 0.3 is 6.09 Å². The number of pyridine rings is 2. The van der Waals surface area contributed by atoms with Gasteiger partial charge in [-0.25, -0.2) is 19.4 Å². The third-order valence-electron chi connectivity index (χ3n) is 6.86. The summed E-state index contributed by atoms with van der Waals surface area (Å²) >= 11 is 12.5. The second kappa shape index (κ2) is 8.84. The van der Waals surface area contributed by atoms with Crippen LogP contribution in [0.2, 0.25) is 10.3 Å². The van der Waals surface area contributed by atoms with Gasteiger partial charge in [0, 0.05) is 25.2 Å². The first-order valence-corrected chi connectivity index (χ1v) is 12.0. The number of anilines is 1. The highest BCUT2D eigenvalue weighted by molar-refractivity contribution is 6.33. The zero-order valence-electron chi connectivity index (χ0n) is 19.5. The molecule has 3 aromatic heterocycles. The fraction of sp³-hybridized carbons (Fsp3) is 0.375. The largest absolute Gasteiger partial charge is 0.441 e. The molecular formula is C24H21Cl2N7O3. The van der Waals surface area contributed by atoms with Crippen LogP contribution < -0.4 is 5.32 Å². The Labute approximate surface area is 216 Å². The first-order chi connectivity index (χ1) is 17.1. The number of nitrogens with zero attached hydrogens (tertiary/aromatic N) is 6.